The van der Waals surface area contributed by atoms with Crippen molar-refractivity contribution in [1.29, 1.82) is 0 Å². The number of aryl methyl sites for hydroxylation is 1. The highest BCUT2D eigenvalue weighted by Gasteiger charge is 2.31. The summed E-state index contributed by atoms with van der Waals surface area (Å²) in [6.07, 6.45) is -1.31. The maximum absolute atomic E-state index is 12.4. The SMILES string of the molecule is Cn1c(OC(=O)O)cc2cccc(CN3CCN(C(=O)C4CNC4)CC3)c21. The number of carbonyl (C=O) groups is 2. The molecule has 1 aromatic heterocycles. The molecule has 0 aliphatic carbocycles. The highest BCUT2D eigenvalue weighted by Crippen LogP contribution is 2.28. The van der Waals surface area contributed by atoms with Crippen molar-refractivity contribution in [3.63, 3.8) is 0 Å². The van der Waals surface area contributed by atoms with Crippen LogP contribution in [-0.4, -0.2) is 70.8 Å². The number of ether oxygens (including phenoxy) is 1. The Hall–Kier alpha value is -2.58. The van der Waals surface area contributed by atoms with E-state index < -0.39 is 6.16 Å². The summed E-state index contributed by atoms with van der Waals surface area (Å²) in [4.78, 5) is 27.5. The van der Waals surface area contributed by atoms with Crippen molar-refractivity contribution in [1.82, 2.24) is 19.7 Å². The lowest BCUT2D eigenvalue weighted by molar-refractivity contribution is -0.138. The quantitative estimate of drug-likeness (QED) is 0.782. The predicted molar refractivity (Wildman–Crippen MR) is 99.8 cm³/mol. The van der Waals surface area contributed by atoms with Crippen LogP contribution in [0.1, 0.15) is 5.56 Å². The zero-order valence-corrected chi connectivity index (χ0v) is 15.4. The number of carboxylic acid groups (broad SMARTS) is 1. The van der Waals surface area contributed by atoms with E-state index in [2.05, 4.69) is 16.3 Å². The molecule has 0 spiro atoms. The van der Waals surface area contributed by atoms with Gasteiger partial charge in [-0.05, 0) is 5.56 Å². The number of fused-ring (bicyclic) bond motifs is 1. The molecule has 2 aliphatic heterocycles. The van der Waals surface area contributed by atoms with Gasteiger partial charge in [0.2, 0.25) is 11.8 Å². The zero-order valence-electron chi connectivity index (χ0n) is 15.4. The number of nitrogens with zero attached hydrogens (tertiary/aromatic N) is 3. The van der Waals surface area contributed by atoms with E-state index in [1.54, 1.807) is 10.6 Å². The van der Waals surface area contributed by atoms with Crippen molar-refractivity contribution in [3.05, 3.63) is 29.8 Å². The third kappa shape index (κ3) is 3.50. The third-order valence-corrected chi connectivity index (χ3v) is 5.50. The van der Waals surface area contributed by atoms with Gasteiger partial charge >= 0.3 is 6.16 Å². The van der Waals surface area contributed by atoms with Gasteiger partial charge in [0.25, 0.3) is 0 Å². The highest BCUT2D eigenvalue weighted by atomic mass is 16.7. The molecule has 0 bridgehead atoms. The van der Waals surface area contributed by atoms with Crippen LogP contribution in [0.25, 0.3) is 10.9 Å². The molecular formula is C19H24N4O4. The molecule has 2 N–H and O–H groups in total. The van der Waals surface area contributed by atoms with Crippen LogP contribution in [0.5, 0.6) is 5.88 Å². The lowest BCUT2D eigenvalue weighted by atomic mass is 10.0. The van der Waals surface area contributed by atoms with E-state index in [0.717, 1.165) is 62.3 Å². The second kappa shape index (κ2) is 7.21. The standard InChI is InChI=1S/C19H24N4O4/c1-21-16(27-19(25)26)9-13-3-2-4-14(17(13)21)12-22-5-7-23(8-6-22)18(24)15-10-20-11-15/h2-4,9,15,20H,5-8,10-12H2,1H3,(H,25,26). The van der Waals surface area contributed by atoms with Gasteiger partial charge in [-0.3, -0.25) is 9.69 Å². The molecule has 8 nitrogen and oxygen atoms in total. The minimum Gasteiger partial charge on any atom is -0.449 e. The van der Waals surface area contributed by atoms with Crippen molar-refractivity contribution in [2.24, 2.45) is 13.0 Å². The molecule has 2 fully saturated rings. The van der Waals surface area contributed by atoms with Gasteiger partial charge in [-0.2, -0.15) is 0 Å². The average molecular weight is 372 g/mol. The Morgan fingerprint density at radius 3 is 2.59 bits per heavy atom. The fourth-order valence-corrected chi connectivity index (χ4v) is 3.88. The second-order valence-corrected chi connectivity index (χ2v) is 7.22. The minimum absolute atomic E-state index is 0.154. The van der Waals surface area contributed by atoms with E-state index in [-0.39, 0.29) is 11.8 Å². The predicted octanol–water partition coefficient (Wildman–Crippen LogP) is 1.10. The van der Waals surface area contributed by atoms with Crippen molar-refractivity contribution in [3.8, 4) is 5.88 Å². The Kier molecular flexibility index (Phi) is 4.75. The Labute approximate surface area is 157 Å². The van der Waals surface area contributed by atoms with Crippen molar-refractivity contribution in [2.45, 2.75) is 6.54 Å². The maximum atomic E-state index is 12.4. The summed E-state index contributed by atoms with van der Waals surface area (Å²) >= 11 is 0. The normalized spacial score (nSPS) is 18.5. The van der Waals surface area contributed by atoms with E-state index in [0.29, 0.717) is 5.88 Å². The number of carbonyl (C=O) groups excluding carboxylic acids is 1. The van der Waals surface area contributed by atoms with Crippen LogP contribution in [0.3, 0.4) is 0 Å². The fraction of sp³-hybridized carbons (Fsp3) is 0.474. The van der Waals surface area contributed by atoms with Gasteiger partial charge < -0.3 is 24.6 Å². The molecule has 8 heteroatoms. The molecule has 0 atom stereocenters. The van der Waals surface area contributed by atoms with Crippen LogP contribution in [0.15, 0.2) is 24.3 Å². The molecule has 1 aromatic carbocycles. The first-order chi connectivity index (χ1) is 13.0. The van der Waals surface area contributed by atoms with Crippen molar-refractivity contribution < 1.29 is 19.4 Å². The average Bonchev–Trinajstić information content (AvgIpc) is 2.90. The van der Waals surface area contributed by atoms with Crippen LogP contribution in [0.4, 0.5) is 4.79 Å². The van der Waals surface area contributed by atoms with Crippen LogP contribution in [-0.2, 0) is 18.4 Å². The number of para-hydroxylation sites is 1. The first-order valence-corrected chi connectivity index (χ1v) is 9.23. The smallest absolute Gasteiger partial charge is 0.449 e. The molecule has 2 aliphatic rings. The van der Waals surface area contributed by atoms with Crippen LogP contribution < -0.4 is 10.1 Å². The molecule has 2 saturated heterocycles. The zero-order chi connectivity index (χ0) is 19.0. The van der Waals surface area contributed by atoms with Gasteiger partial charge in [-0.1, -0.05) is 18.2 Å². The molecule has 4 rings (SSSR count). The van der Waals surface area contributed by atoms with Gasteiger partial charge in [0.15, 0.2) is 0 Å². The Bertz CT molecular complexity index is 866. The Morgan fingerprint density at radius 1 is 1.22 bits per heavy atom. The van der Waals surface area contributed by atoms with Gasteiger partial charge in [0.05, 0.1) is 11.4 Å². The minimum atomic E-state index is -1.31. The first-order valence-electron chi connectivity index (χ1n) is 9.23. The van der Waals surface area contributed by atoms with Crippen LogP contribution >= 0.6 is 0 Å². The highest BCUT2D eigenvalue weighted by molar-refractivity contribution is 5.86. The summed E-state index contributed by atoms with van der Waals surface area (Å²) in [7, 11) is 1.81. The molecule has 27 heavy (non-hydrogen) atoms. The Morgan fingerprint density at radius 2 is 1.96 bits per heavy atom. The summed E-state index contributed by atoms with van der Waals surface area (Å²) in [6.45, 7) is 5.55. The lowest BCUT2D eigenvalue weighted by Crippen LogP contribution is -2.56. The van der Waals surface area contributed by atoms with Crippen molar-refractivity contribution >= 4 is 23.0 Å². The summed E-state index contributed by atoms with van der Waals surface area (Å²) < 4.78 is 6.65. The molecule has 0 radical (unpaired) electrons. The first kappa shape index (κ1) is 17.8. The molecule has 0 saturated carbocycles. The number of benzene rings is 1. The third-order valence-electron chi connectivity index (χ3n) is 5.50. The largest absolute Gasteiger partial charge is 0.512 e. The van der Waals surface area contributed by atoms with E-state index >= 15 is 0 Å². The Balaban J connectivity index is 1.45. The number of hydrogen-bond donors (Lipinski definition) is 2. The number of piperazine rings is 1. The monoisotopic (exact) mass is 372 g/mol. The summed E-state index contributed by atoms with van der Waals surface area (Å²) in [5.74, 6) is 0.740. The lowest BCUT2D eigenvalue weighted by Gasteiger charge is -2.38. The van der Waals surface area contributed by atoms with Crippen molar-refractivity contribution in [2.75, 3.05) is 39.3 Å². The van der Waals surface area contributed by atoms with Gasteiger partial charge in [0, 0.05) is 64.3 Å². The van der Waals surface area contributed by atoms with E-state index in [1.807, 2.05) is 24.1 Å². The number of rotatable bonds is 4. The number of hydrogen-bond acceptors (Lipinski definition) is 5. The van der Waals surface area contributed by atoms with Crippen LogP contribution in [0, 0.1) is 5.92 Å². The maximum Gasteiger partial charge on any atom is 0.512 e. The summed E-state index contributed by atoms with van der Waals surface area (Å²) in [5.41, 5.74) is 2.10. The van der Waals surface area contributed by atoms with E-state index in [4.69, 9.17) is 9.84 Å². The number of amides is 1. The fourth-order valence-electron chi connectivity index (χ4n) is 3.88. The van der Waals surface area contributed by atoms with Crippen LogP contribution in [0.2, 0.25) is 0 Å². The topological polar surface area (TPSA) is 87.0 Å². The molecule has 3 heterocycles. The van der Waals surface area contributed by atoms with E-state index in [1.165, 1.54) is 0 Å². The summed E-state index contributed by atoms with van der Waals surface area (Å²) in [6, 6.07) is 7.74. The van der Waals surface area contributed by atoms with Gasteiger partial charge in [-0.25, -0.2) is 4.79 Å². The summed E-state index contributed by atoms with van der Waals surface area (Å²) in [5, 5.41) is 13.0. The second-order valence-electron chi connectivity index (χ2n) is 7.22. The van der Waals surface area contributed by atoms with Gasteiger partial charge in [0.1, 0.15) is 0 Å². The van der Waals surface area contributed by atoms with Gasteiger partial charge in [-0.15, -0.1) is 0 Å². The van der Waals surface area contributed by atoms with E-state index in [9.17, 15) is 9.59 Å². The molecular weight excluding hydrogens is 348 g/mol. The molecule has 2 aromatic rings. The molecule has 1 amide bonds. The number of aromatic nitrogens is 1. The number of nitrogens with one attached hydrogen (secondary N) is 1. The molecule has 144 valence electrons. The molecule has 0 unspecified atom stereocenters.